The second-order valence-electron chi connectivity index (χ2n) is 7.54. The first-order valence-electron chi connectivity index (χ1n) is 10.2. The van der Waals surface area contributed by atoms with E-state index >= 15 is 0 Å². The molecular weight excluding hydrogens is 386 g/mol. The molecule has 1 aromatic heterocycles. The van der Waals surface area contributed by atoms with Crippen LogP contribution in [0.4, 0.5) is 0 Å². The summed E-state index contributed by atoms with van der Waals surface area (Å²) < 4.78 is 5.90. The van der Waals surface area contributed by atoms with Crippen LogP contribution in [0.25, 0.3) is 0 Å². The fourth-order valence-electron chi connectivity index (χ4n) is 3.75. The highest BCUT2D eigenvalue weighted by Crippen LogP contribution is 2.20. The fourth-order valence-corrected chi connectivity index (χ4v) is 3.75. The maximum absolute atomic E-state index is 13.1. The Kier molecular flexibility index (Phi) is 9.42. The van der Waals surface area contributed by atoms with Gasteiger partial charge < -0.3 is 15.0 Å². The van der Waals surface area contributed by atoms with E-state index in [1.807, 2.05) is 42.2 Å². The average molecular weight is 418 g/mol. The van der Waals surface area contributed by atoms with Gasteiger partial charge in [-0.2, -0.15) is 0 Å². The van der Waals surface area contributed by atoms with Crippen molar-refractivity contribution in [1.82, 2.24) is 15.2 Å². The number of ether oxygens (including phenoxy) is 1. The minimum atomic E-state index is 0. The third-order valence-electron chi connectivity index (χ3n) is 5.27. The van der Waals surface area contributed by atoms with Crippen molar-refractivity contribution in [3.8, 4) is 5.75 Å². The average Bonchev–Trinajstić information content (AvgIpc) is 2.98. The predicted molar refractivity (Wildman–Crippen MR) is 119 cm³/mol. The SMILES string of the molecule is Cc1ccc(OCCC(=O)N(Cc2ccccn2)C2CCCNCC2)c(C)c1.Cl. The standard InChI is InChI=1S/C23H31N3O2.ClH/c1-18-8-9-22(19(2)16-18)28-15-11-23(27)26(17-20-6-3-4-13-25-20)21-7-5-12-24-14-10-21;/h3-4,6,8-9,13,16,21,24H,5,7,10-12,14-15,17H2,1-2H3;1H. The smallest absolute Gasteiger partial charge is 0.226 e. The number of amides is 1. The summed E-state index contributed by atoms with van der Waals surface area (Å²) in [5.41, 5.74) is 3.25. The summed E-state index contributed by atoms with van der Waals surface area (Å²) in [6.07, 6.45) is 5.27. The number of aromatic nitrogens is 1. The molecule has 0 saturated carbocycles. The van der Waals surface area contributed by atoms with Crippen LogP contribution in [-0.4, -0.2) is 41.5 Å². The van der Waals surface area contributed by atoms with Crippen LogP contribution in [0.15, 0.2) is 42.6 Å². The summed E-state index contributed by atoms with van der Waals surface area (Å²) in [4.78, 5) is 19.5. The molecule has 1 amide bonds. The number of hydrogen-bond acceptors (Lipinski definition) is 4. The minimum absolute atomic E-state index is 0. The van der Waals surface area contributed by atoms with Crippen LogP contribution in [0.5, 0.6) is 5.75 Å². The van der Waals surface area contributed by atoms with Crippen molar-refractivity contribution in [2.75, 3.05) is 19.7 Å². The number of nitrogens with zero attached hydrogens (tertiary/aromatic N) is 2. The van der Waals surface area contributed by atoms with Crippen LogP contribution in [0, 0.1) is 13.8 Å². The number of halogens is 1. The molecule has 1 N–H and O–H groups in total. The van der Waals surface area contributed by atoms with Crippen molar-refractivity contribution >= 4 is 18.3 Å². The molecular formula is C23H32ClN3O2. The van der Waals surface area contributed by atoms with E-state index in [-0.39, 0.29) is 24.4 Å². The lowest BCUT2D eigenvalue weighted by Crippen LogP contribution is -2.41. The van der Waals surface area contributed by atoms with Gasteiger partial charge in [-0.3, -0.25) is 9.78 Å². The van der Waals surface area contributed by atoms with Crippen molar-refractivity contribution in [3.63, 3.8) is 0 Å². The Morgan fingerprint density at radius 3 is 2.83 bits per heavy atom. The minimum Gasteiger partial charge on any atom is -0.493 e. The lowest BCUT2D eigenvalue weighted by atomic mass is 10.1. The van der Waals surface area contributed by atoms with Gasteiger partial charge in [0, 0.05) is 12.2 Å². The topological polar surface area (TPSA) is 54.5 Å². The first kappa shape index (κ1) is 23.2. The molecule has 1 aliphatic heterocycles. The molecule has 2 aromatic rings. The lowest BCUT2D eigenvalue weighted by Gasteiger charge is -2.31. The molecule has 6 heteroatoms. The lowest BCUT2D eigenvalue weighted by molar-refractivity contribution is -0.135. The highest BCUT2D eigenvalue weighted by Gasteiger charge is 2.25. The quantitative estimate of drug-likeness (QED) is 0.738. The summed E-state index contributed by atoms with van der Waals surface area (Å²) in [6, 6.07) is 12.2. The van der Waals surface area contributed by atoms with E-state index in [0.717, 1.165) is 49.4 Å². The van der Waals surface area contributed by atoms with Gasteiger partial charge in [-0.15, -0.1) is 12.4 Å². The van der Waals surface area contributed by atoms with Crippen LogP contribution in [0.3, 0.4) is 0 Å². The Balaban J connectivity index is 0.00000300. The third-order valence-corrected chi connectivity index (χ3v) is 5.27. The van der Waals surface area contributed by atoms with E-state index in [2.05, 4.69) is 23.3 Å². The van der Waals surface area contributed by atoms with Gasteiger partial charge in [-0.1, -0.05) is 23.8 Å². The highest BCUT2D eigenvalue weighted by molar-refractivity contribution is 5.85. The third kappa shape index (κ3) is 7.02. The summed E-state index contributed by atoms with van der Waals surface area (Å²) >= 11 is 0. The molecule has 0 bridgehead atoms. The predicted octanol–water partition coefficient (Wildman–Crippen LogP) is 4.06. The molecule has 3 rings (SSSR count). The Morgan fingerprint density at radius 1 is 1.21 bits per heavy atom. The number of aryl methyl sites for hydroxylation is 2. The number of rotatable bonds is 7. The first-order valence-corrected chi connectivity index (χ1v) is 10.2. The van der Waals surface area contributed by atoms with E-state index in [4.69, 9.17) is 4.74 Å². The van der Waals surface area contributed by atoms with Crippen molar-refractivity contribution in [2.45, 2.75) is 52.1 Å². The molecule has 1 saturated heterocycles. The van der Waals surface area contributed by atoms with E-state index in [0.29, 0.717) is 19.6 Å². The molecule has 1 aromatic carbocycles. The molecule has 1 atom stereocenters. The maximum atomic E-state index is 13.1. The van der Waals surface area contributed by atoms with Gasteiger partial charge in [0.25, 0.3) is 0 Å². The van der Waals surface area contributed by atoms with Crippen molar-refractivity contribution in [2.24, 2.45) is 0 Å². The first-order chi connectivity index (χ1) is 13.6. The van der Waals surface area contributed by atoms with Gasteiger partial charge in [0.05, 0.1) is 25.3 Å². The number of pyridine rings is 1. The summed E-state index contributed by atoms with van der Waals surface area (Å²) in [5.74, 6) is 0.996. The van der Waals surface area contributed by atoms with Crippen LogP contribution in [0.1, 0.15) is 42.5 Å². The van der Waals surface area contributed by atoms with Crippen LogP contribution in [0.2, 0.25) is 0 Å². The number of nitrogens with one attached hydrogen (secondary N) is 1. The van der Waals surface area contributed by atoms with Gasteiger partial charge in [0.1, 0.15) is 5.75 Å². The van der Waals surface area contributed by atoms with Gasteiger partial charge in [-0.05, 0) is 70.0 Å². The second kappa shape index (κ2) is 11.8. The molecule has 29 heavy (non-hydrogen) atoms. The van der Waals surface area contributed by atoms with Gasteiger partial charge in [0.2, 0.25) is 5.91 Å². The second-order valence-corrected chi connectivity index (χ2v) is 7.54. The maximum Gasteiger partial charge on any atom is 0.226 e. The molecule has 2 heterocycles. The molecule has 1 fully saturated rings. The molecule has 1 aliphatic rings. The zero-order valence-corrected chi connectivity index (χ0v) is 18.2. The van der Waals surface area contributed by atoms with Crippen LogP contribution >= 0.6 is 12.4 Å². The van der Waals surface area contributed by atoms with Crippen molar-refractivity contribution in [1.29, 1.82) is 0 Å². The zero-order valence-electron chi connectivity index (χ0n) is 17.4. The number of benzene rings is 1. The van der Waals surface area contributed by atoms with Crippen molar-refractivity contribution < 1.29 is 9.53 Å². The van der Waals surface area contributed by atoms with E-state index in [1.165, 1.54) is 5.56 Å². The molecule has 158 valence electrons. The fraction of sp³-hybridized carbons (Fsp3) is 0.478. The molecule has 5 nitrogen and oxygen atoms in total. The number of carbonyl (C=O) groups excluding carboxylic acids is 1. The van der Waals surface area contributed by atoms with Crippen molar-refractivity contribution in [3.05, 3.63) is 59.4 Å². The Morgan fingerprint density at radius 2 is 2.07 bits per heavy atom. The van der Waals surface area contributed by atoms with Gasteiger partial charge in [0.15, 0.2) is 0 Å². The number of carbonyl (C=O) groups is 1. The molecule has 0 spiro atoms. The molecule has 1 unspecified atom stereocenters. The Bertz CT molecular complexity index is 762. The highest BCUT2D eigenvalue weighted by atomic mass is 35.5. The molecule has 0 radical (unpaired) electrons. The van der Waals surface area contributed by atoms with Gasteiger partial charge in [-0.25, -0.2) is 0 Å². The summed E-state index contributed by atoms with van der Waals surface area (Å²) in [5, 5.41) is 3.43. The monoisotopic (exact) mass is 417 g/mol. The van der Waals surface area contributed by atoms with Crippen LogP contribution < -0.4 is 10.1 Å². The summed E-state index contributed by atoms with van der Waals surface area (Å²) in [6.45, 7) is 7.04. The summed E-state index contributed by atoms with van der Waals surface area (Å²) in [7, 11) is 0. The normalized spacial score (nSPS) is 16.4. The van der Waals surface area contributed by atoms with E-state index < -0.39 is 0 Å². The van der Waals surface area contributed by atoms with E-state index in [9.17, 15) is 4.79 Å². The largest absolute Gasteiger partial charge is 0.493 e. The Labute approximate surface area is 180 Å². The zero-order chi connectivity index (χ0) is 19.8. The van der Waals surface area contributed by atoms with Crippen LogP contribution in [-0.2, 0) is 11.3 Å². The van der Waals surface area contributed by atoms with E-state index in [1.54, 1.807) is 6.20 Å². The number of hydrogen-bond donors (Lipinski definition) is 1. The molecule has 0 aliphatic carbocycles. The Hall–Kier alpha value is -2.11. The van der Waals surface area contributed by atoms with Gasteiger partial charge >= 0.3 is 0 Å².